The summed E-state index contributed by atoms with van der Waals surface area (Å²) in [6.45, 7) is 33.7. The Hall–Kier alpha value is -4.86. The number of nitrogens with zero attached hydrogens (tertiary/aromatic N) is 3. The number of para-hydroxylation sites is 2. The first-order valence-electron chi connectivity index (χ1n) is 21.6. The van der Waals surface area contributed by atoms with Gasteiger partial charge in [-0.2, -0.15) is 6.07 Å². The largest absolute Gasteiger partial charge is 0.516 e. The summed E-state index contributed by atoms with van der Waals surface area (Å²) in [4.78, 5) is 6.87. The van der Waals surface area contributed by atoms with E-state index in [0.717, 1.165) is 55.9 Å². The molecular weight excluding hydrogens is 940 g/mol. The fourth-order valence-corrected chi connectivity index (χ4v) is 7.64. The molecule has 0 amide bonds. The topological polar surface area (TPSA) is 42.3 Å². The second-order valence-electron chi connectivity index (χ2n) is 21.9. The van der Waals surface area contributed by atoms with Gasteiger partial charge in [-0.25, -0.2) is 4.98 Å². The summed E-state index contributed by atoms with van der Waals surface area (Å²) in [5.74, 6) is 2.04. The summed E-state index contributed by atoms with van der Waals surface area (Å²) in [5.41, 5.74) is 11.7. The summed E-state index contributed by atoms with van der Waals surface area (Å²) in [5, 5.41) is 6.04. The van der Waals surface area contributed by atoms with E-state index in [1.165, 1.54) is 22.3 Å². The van der Waals surface area contributed by atoms with Crippen molar-refractivity contribution in [2.75, 3.05) is 10.2 Å². The molecule has 2 heterocycles. The fourth-order valence-electron chi connectivity index (χ4n) is 7.64. The van der Waals surface area contributed by atoms with Crippen LogP contribution in [0, 0.1) is 19.2 Å². The average molecular weight is 1010 g/mol. The zero-order valence-corrected chi connectivity index (χ0v) is 41.9. The number of benzene rings is 5. The van der Waals surface area contributed by atoms with Gasteiger partial charge in [-0.3, -0.25) is 7.05 Å². The Balaban J connectivity index is 0.00000641. The van der Waals surface area contributed by atoms with Gasteiger partial charge in [0.2, 0.25) is 0 Å². The third-order valence-electron chi connectivity index (χ3n) is 11.7. The predicted molar refractivity (Wildman–Crippen MR) is 260 cm³/mol. The van der Waals surface area contributed by atoms with Crippen molar-refractivity contribution in [2.24, 2.45) is 0 Å². The van der Waals surface area contributed by atoms with Crippen LogP contribution >= 0.6 is 0 Å². The molecule has 0 atom stereocenters. The van der Waals surface area contributed by atoms with Crippen LogP contribution < -0.4 is 15.0 Å². The molecule has 0 unspecified atom stereocenters. The average Bonchev–Trinajstić information content (AvgIpc) is 3.49. The summed E-state index contributed by atoms with van der Waals surface area (Å²) < 4.78 is 9.02. The predicted octanol–water partition coefficient (Wildman–Crippen LogP) is 15.7. The van der Waals surface area contributed by atoms with E-state index in [9.17, 15) is 0 Å². The van der Waals surface area contributed by atoms with Crippen molar-refractivity contribution in [3.63, 3.8) is 0 Å². The summed E-state index contributed by atoms with van der Waals surface area (Å²) in [7, 11) is 4.61. The number of aromatic nitrogens is 2. The van der Waals surface area contributed by atoms with Gasteiger partial charge in [-0.15, -0.1) is 47.0 Å². The molecule has 0 bridgehead atoms. The molecule has 5 aromatic carbocycles. The summed E-state index contributed by atoms with van der Waals surface area (Å²) >= 11 is 0. The van der Waals surface area contributed by atoms with E-state index in [-0.39, 0.29) is 48.1 Å². The van der Waals surface area contributed by atoms with Gasteiger partial charge < -0.3 is 19.5 Å². The maximum Gasteiger partial charge on any atom is 0.135 e. The Morgan fingerprint density at radius 2 is 1.15 bits per heavy atom. The van der Waals surface area contributed by atoms with Crippen LogP contribution in [-0.2, 0) is 48.1 Å². The molecule has 328 valence electrons. The molecule has 1 N–H and O–H groups in total. The van der Waals surface area contributed by atoms with E-state index in [1.807, 2.05) is 17.2 Å². The van der Waals surface area contributed by atoms with Crippen LogP contribution in [0.4, 0.5) is 22.7 Å². The van der Waals surface area contributed by atoms with Crippen LogP contribution in [-0.4, -0.2) is 9.55 Å². The summed E-state index contributed by atoms with van der Waals surface area (Å²) in [6.07, 6.45) is 1.91. The first-order chi connectivity index (χ1) is 28.3. The number of anilines is 4. The third kappa shape index (κ3) is 9.84. The molecule has 5 nitrogen and oxygen atoms in total. The van der Waals surface area contributed by atoms with Crippen molar-refractivity contribution in [3.05, 3.63) is 150 Å². The van der Waals surface area contributed by atoms with Crippen LogP contribution in [0.1, 0.15) is 132 Å². The van der Waals surface area contributed by atoms with Gasteiger partial charge in [0.1, 0.15) is 5.82 Å². The quantitative estimate of drug-likeness (QED) is 0.162. The number of ether oxygens (including phenoxy) is 1. The molecule has 0 fully saturated rings. The second kappa shape index (κ2) is 16.7. The maximum absolute atomic E-state index is 6.79. The van der Waals surface area contributed by atoms with Crippen molar-refractivity contribution >= 4 is 44.6 Å². The first-order valence-corrected chi connectivity index (χ1v) is 21.6. The van der Waals surface area contributed by atoms with Crippen molar-refractivity contribution in [2.45, 2.75) is 131 Å². The van der Waals surface area contributed by atoms with Gasteiger partial charge in [0.15, 0.2) is 0 Å². The van der Waals surface area contributed by atoms with Gasteiger partial charge >= 0.3 is 0 Å². The minimum Gasteiger partial charge on any atom is -0.516 e. The number of rotatable bonds is 7. The molecule has 0 aliphatic rings. The van der Waals surface area contributed by atoms with E-state index in [4.69, 9.17) is 9.72 Å². The van der Waals surface area contributed by atoms with Crippen molar-refractivity contribution in [1.82, 2.24) is 9.55 Å². The van der Waals surface area contributed by atoms with Crippen LogP contribution in [0.15, 0.2) is 103 Å². The van der Waals surface area contributed by atoms with E-state index in [2.05, 4.69) is 224 Å². The number of nitrogens with one attached hydrogen (secondary N) is 1. The zero-order chi connectivity index (χ0) is 44.4. The van der Waals surface area contributed by atoms with Gasteiger partial charge in [0, 0.05) is 55.7 Å². The van der Waals surface area contributed by atoms with E-state index in [1.54, 1.807) is 0 Å². The molecular formula is C56H65N4OPt-3. The standard InChI is InChI=1S/C56H65N4O.Pt/c1-52(2,3)36-21-24-48-46(32-36)45-23-22-43(35-50(45)60(48)51-33-37(25-26-57-51)53(4,5)6)61-44-31-40(56(13,14)15)30-42(34-44)59(16)49-20-18-17-19-47(49)58-41-28-38(54(7,8)9)27-39(29-41)55(10,11)12;/h17-33,58H,16H2,1-15H3;/q-3;. The smallest absolute Gasteiger partial charge is 0.135 e. The molecule has 0 aliphatic carbocycles. The van der Waals surface area contributed by atoms with Crippen LogP contribution in [0.2, 0.25) is 0 Å². The zero-order valence-electron chi connectivity index (χ0n) is 39.6. The Kier molecular flexibility index (Phi) is 12.6. The van der Waals surface area contributed by atoms with E-state index < -0.39 is 0 Å². The van der Waals surface area contributed by atoms with E-state index >= 15 is 0 Å². The molecule has 0 aliphatic heterocycles. The molecule has 2 aromatic heterocycles. The van der Waals surface area contributed by atoms with Crippen molar-refractivity contribution < 1.29 is 25.8 Å². The molecule has 7 aromatic rings. The fraction of sp³-hybridized carbons (Fsp3) is 0.357. The van der Waals surface area contributed by atoms with Crippen LogP contribution in [0.3, 0.4) is 0 Å². The SMILES string of the molecule is [CH2-]N(c1[c-]c(Oc2[c-]c3c(cc2)c2cc(C(C)(C)C)ccc2n3-c2cc(C(C)(C)C)ccn2)cc(C(C)(C)C)c1)c1ccccc1Nc1cc(C(C)(C)C)cc(C(C)(C)C)c1.[Pt]. The molecule has 7 rings (SSSR count). The van der Waals surface area contributed by atoms with Gasteiger partial charge in [0.25, 0.3) is 0 Å². The van der Waals surface area contributed by atoms with Crippen molar-refractivity contribution in [1.29, 1.82) is 0 Å². The maximum atomic E-state index is 6.79. The molecule has 0 saturated carbocycles. The van der Waals surface area contributed by atoms with Crippen molar-refractivity contribution in [3.8, 4) is 17.3 Å². The Morgan fingerprint density at radius 1 is 0.565 bits per heavy atom. The minimum atomic E-state index is -0.175. The van der Waals surface area contributed by atoms with Gasteiger partial charge in [0.05, 0.1) is 5.69 Å². The Labute approximate surface area is 386 Å². The van der Waals surface area contributed by atoms with Crippen LogP contribution in [0.25, 0.3) is 27.6 Å². The molecule has 6 heteroatoms. The first kappa shape index (κ1) is 46.6. The Bertz CT molecular complexity index is 2710. The monoisotopic (exact) mass is 1000 g/mol. The van der Waals surface area contributed by atoms with E-state index in [0.29, 0.717) is 11.5 Å². The number of hydrogen-bond acceptors (Lipinski definition) is 4. The minimum absolute atomic E-state index is 0. The van der Waals surface area contributed by atoms with Crippen LogP contribution in [0.5, 0.6) is 11.5 Å². The second-order valence-corrected chi connectivity index (χ2v) is 21.9. The normalized spacial score (nSPS) is 12.7. The molecule has 0 radical (unpaired) electrons. The number of hydrogen-bond donors (Lipinski definition) is 1. The molecule has 62 heavy (non-hydrogen) atoms. The Morgan fingerprint density at radius 3 is 1.76 bits per heavy atom. The molecule has 0 saturated heterocycles. The van der Waals surface area contributed by atoms with Gasteiger partial charge in [-0.05, 0) is 97.2 Å². The summed E-state index contributed by atoms with van der Waals surface area (Å²) in [6, 6.07) is 42.0. The molecule has 0 spiro atoms. The third-order valence-corrected chi connectivity index (χ3v) is 11.7. The van der Waals surface area contributed by atoms with Gasteiger partial charge in [-0.1, -0.05) is 140 Å². The number of pyridine rings is 1. The number of fused-ring (bicyclic) bond motifs is 3.